The Bertz CT molecular complexity index is 434. The normalized spacial score (nSPS) is 10.1. The van der Waals surface area contributed by atoms with Gasteiger partial charge in [0.25, 0.3) is 0 Å². The number of oxazole rings is 1. The number of hydrogen-bond acceptors (Lipinski definition) is 3. The van der Waals surface area contributed by atoms with Crippen molar-refractivity contribution in [3.63, 3.8) is 0 Å². The topological polar surface area (TPSA) is 38.1 Å². The molecule has 1 aromatic heterocycles. The van der Waals surface area contributed by atoms with Crippen molar-refractivity contribution in [2.75, 3.05) is 12.4 Å². The minimum absolute atomic E-state index is 0.660. The molecule has 0 bridgehead atoms. The van der Waals surface area contributed by atoms with Crippen LogP contribution in [0.1, 0.15) is 5.56 Å². The Morgan fingerprint density at radius 1 is 1.29 bits per heavy atom. The molecule has 14 heavy (non-hydrogen) atoms. The van der Waals surface area contributed by atoms with Crippen molar-refractivity contribution in [1.82, 2.24) is 4.98 Å². The number of rotatable bonds is 2. The van der Waals surface area contributed by atoms with E-state index >= 15 is 0 Å². The Morgan fingerprint density at radius 2 is 2.07 bits per heavy atom. The van der Waals surface area contributed by atoms with Gasteiger partial charge in [-0.3, -0.25) is 0 Å². The number of hydrogen-bond donors (Lipinski definition) is 1. The van der Waals surface area contributed by atoms with Crippen LogP contribution >= 0.6 is 0 Å². The predicted molar refractivity (Wildman–Crippen MR) is 56.2 cm³/mol. The van der Waals surface area contributed by atoms with Crippen LogP contribution in [0.25, 0.3) is 11.5 Å². The fourth-order valence-corrected chi connectivity index (χ4v) is 1.33. The summed E-state index contributed by atoms with van der Waals surface area (Å²) in [7, 11) is 1.82. The number of anilines is 1. The Hall–Kier alpha value is -1.77. The van der Waals surface area contributed by atoms with Crippen LogP contribution in [0.3, 0.4) is 0 Å². The second-order valence-corrected chi connectivity index (χ2v) is 3.10. The predicted octanol–water partition coefficient (Wildman–Crippen LogP) is 2.69. The molecule has 0 fully saturated rings. The summed E-state index contributed by atoms with van der Waals surface area (Å²) >= 11 is 0. The number of aryl methyl sites for hydroxylation is 1. The molecule has 2 aromatic rings. The smallest absolute Gasteiger partial charge is 0.228 e. The molecule has 0 aliphatic rings. The Balaban J connectivity index is 2.44. The van der Waals surface area contributed by atoms with Crippen LogP contribution in [0.4, 0.5) is 5.82 Å². The minimum atomic E-state index is 0.660. The zero-order valence-electron chi connectivity index (χ0n) is 8.24. The van der Waals surface area contributed by atoms with Gasteiger partial charge in [0.1, 0.15) is 6.26 Å². The molecule has 72 valence electrons. The van der Waals surface area contributed by atoms with Gasteiger partial charge in [0.15, 0.2) is 5.82 Å². The highest BCUT2D eigenvalue weighted by atomic mass is 16.3. The molecule has 0 saturated heterocycles. The van der Waals surface area contributed by atoms with Gasteiger partial charge < -0.3 is 9.73 Å². The van der Waals surface area contributed by atoms with Crippen LogP contribution < -0.4 is 5.32 Å². The lowest BCUT2D eigenvalue weighted by atomic mass is 10.1. The maximum Gasteiger partial charge on any atom is 0.228 e. The quantitative estimate of drug-likeness (QED) is 0.787. The van der Waals surface area contributed by atoms with E-state index in [-0.39, 0.29) is 0 Å². The highest BCUT2D eigenvalue weighted by Crippen LogP contribution is 2.23. The first-order valence-corrected chi connectivity index (χ1v) is 4.50. The van der Waals surface area contributed by atoms with Gasteiger partial charge in [-0.1, -0.05) is 18.2 Å². The molecule has 1 N–H and O–H groups in total. The zero-order chi connectivity index (χ0) is 9.97. The van der Waals surface area contributed by atoms with E-state index in [2.05, 4.69) is 10.3 Å². The van der Waals surface area contributed by atoms with Gasteiger partial charge in [-0.2, -0.15) is 4.98 Å². The van der Waals surface area contributed by atoms with Crippen molar-refractivity contribution in [3.8, 4) is 11.5 Å². The summed E-state index contributed by atoms with van der Waals surface area (Å²) in [6, 6.07) is 8.02. The molecule has 3 nitrogen and oxygen atoms in total. The molecule has 0 radical (unpaired) electrons. The first-order chi connectivity index (χ1) is 6.81. The average molecular weight is 188 g/mol. The van der Waals surface area contributed by atoms with Crippen molar-refractivity contribution in [2.45, 2.75) is 6.92 Å². The molecule has 0 unspecified atom stereocenters. The van der Waals surface area contributed by atoms with E-state index in [1.807, 2.05) is 38.2 Å². The molecule has 1 heterocycles. The van der Waals surface area contributed by atoms with Crippen LogP contribution in [0.2, 0.25) is 0 Å². The molecule has 0 atom stereocenters. The van der Waals surface area contributed by atoms with Crippen LogP contribution in [-0.2, 0) is 0 Å². The monoisotopic (exact) mass is 188 g/mol. The number of aromatic nitrogens is 1. The van der Waals surface area contributed by atoms with Crippen LogP contribution in [0.15, 0.2) is 34.9 Å². The largest absolute Gasteiger partial charge is 0.442 e. The highest BCUT2D eigenvalue weighted by molar-refractivity contribution is 5.59. The summed E-state index contributed by atoms with van der Waals surface area (Å²) < 4.78 is 5.35. The molecule has 0 amide bonds. The Morgan fingerprint density at radius 3 is 2.71 bits per heavy atom. The van der Waals surface area contributed by atoms with Crippen LogP contribution in [0.5, 0.6) is 0 Å². The summed E-state index contributed by atoms with van der Waals surface area (Å²) in [4.78, 5) is 4.28. The van der Waals surface area contributed by atoms with Crippen molar-refractivity contribution in [3.05, 3.63) is 36.1 Å². The minimum Gasteiger partial charge on any atom is -0.442 e. The van der Waals surface area contributed by atoms with E-state index in [0.717, 1.165) is 16.9 Å². The Kier molecular flexibility index (Phi) is 2.23. The van der Waals surface area contributed by atoms with E-state index in [1.54, 1.807) is 6.26 Å². The Labute approximate surface area is 82.8 Å². The number of nitrogens with zero attached hydrogens (tertiary/aromatic N) is 1. The average Bonchev–Trinajstić information content (AvgIpc) is 2.67. The van der Waals surface area contributed by atoms with Crippen LogP contribution in [0, 0.1) is 6.92 Å². The summed E-state index contributed by atoms with van der Waals surface area (Å²) in [5, 5.41) is 2.93. The highest BCUT2D eigenvalue weighted by Gasteiger charge is 2.07. The molecular weight excluding hydrogens is 176 g/mol. The van der Waals surface area contributed by atoms with Crippen molar-refractivity contribution >= 4 is 5.82 Å². The lowest BCUT2D eigenvalue weighted by Gasteiger charge is -1.98. The second-order valence-electron chi connectivity index (χ2n) is 3.10. The van der Waals surface area contributed by atoms with E-state index in [0.29, 0.717) is 5.89 Å². The molecule has 1 aromatic carbocycles. The van der Waals surface area contributed by atoms with Gasteiger partial charge >= 0.3 is 0 Å². The molecule has 0 aliphatic heterocycles. The van der Waals surface area contributed by atoms with E-state index in [1.165, 1.54) is 0 Å². The third-order valence-electron chi connectivity index (χ3n) is 2.14. The van der Waals surface area contributed by atoms with Crippen LogP contribution in [-0.4, -0.2) is 12.0 Å². The maximum absolute atomic E-state index is 5.35. The summed E-state index contributed by atoms with van der Waals surface area (Å²) in [6.45, 7) is 2.04. The fourth-order valence-electron chi connectivity index (χ4n) is 1.33. The van der Waals surface area contributed by atoms with E-state index in [4.69, 9.17) is 4.42 Å². The molecule has 3 heteroatoms. The third-order valence-corrected chi connectivity index (χ3v) is 2.14. The first kappa shape index (κ1) is 8.81. The van der Waals surface area contributed by atoms with E-state index in [9.17, 15) is 0 Å². The maximum atomic E-state index is 5.35. The zero-order valence-corrected chi connectivity index (χ0v) is 8.24. The summed E-state index contributed by atoms with van der Waals surface area (Å²) in [5.74, 6) is 1.41. The van der Waals surface area contributed by atoms with Gasteiger partial charge in [-0.25, -0.2) is 0 Å². The van der Waals surface area contributed by atoms with Gasteiger partial charge in [0, 0.05) is 12.6 Å². The van der Waals surface area contributed by atoms with Gasteiger partial charge in [-0.05, 0) is 18.6 Å². The molecule has 2 rings (SSSR count). The third kappa shape index (κ3) is 1.48. The fraction of sp³-hybridized carbons (Fsp3) is 0.182. The molecule has 0 aliphatic carbocycles. The number of benzene rings is 1. The lowest BCUT2D eigenvalue weighted by molar-refractivity contribution is 0.574. The van der Waals surface area contributed by atoms with Crippen molar-refractivity contribution < 1.29 is 4.42 Å². The SMILES string of the molecule is CNc1coc(-c2ccccc2C)n1. The lowest BCUT2D eigenvalue weighted by Crippen LogP contribution is -1.87. The molecular formula is C11H12N2O. The molecule has 0 saturated carbocycles. The van der Waals surface area contributed by atoms with Crippen molar-refractivity contribution in [2.24, 2.45) is 0 Å². The van der Waals surface area contributed by atoms with Gasteiger partial charge in [0.2, 0.25) is 5.89 Å². The van der Waals surface area contributed by atoms with Gasteiger partial charge in [0.05, 0.1) is 0 Å². The second kappa shape index (κ2) is 3.54. The standard InChI is InChI=1S/C11H12N2O/c1-8-5-3-4-6-9(8)11-13-10(12-2)7-14-11/h3-7,12H,1-2H3. The number of nitrogens with one attached hydrogen (secondary N) is 1. The first-order valence-electron chi connectivity index (χ1n) is 4.50. The van der Waals surface area contributed by atoms with Gasteiger partial charge in [-0.15, -0.1) is 0 Å². The summed E-state index contributed by atoms with van der Waals surface area (Å²) in [6.07, 6.45) is 1.61. The van der Waals surface area contributed by atoms with Crippen molar-refractivity contribution in [1.29, 1.82) is 0 Å². The molecule has 0 spiro atoms. The van der Waals surface area contributed by atoms with E-state index < -0.39 is 0 Å². The summed E-state index contributed by atoms with van der Waals surface area (Å²) in [5.41, 5.74) is 2.20.